The summed E-state index contributed by atoms with van der Waals surface area (Å²) in [6, 6.07) is 12.7. The molecule has 0 fully saturated rings. The molecule has 0 aliphatic rings. The van der Waals surface area contributed by atoms with Crippen molar-refractivity contribution < 1.29 is 22.7 Å². The van der Waals surface area contributed by atoms with E-state index >= 15 is 0 Å². The molecule has 2 atom stereocenters. The summed E-state index contributed by atoms with van der Waals surface area (Å²) in [5.41, 5.74) is 1.56. The summed E-state index contributed by atoms with van der Waals surface area (Å²) in [4.78, 5) is 12.9. The minimum Gasteiger partial charge on any atom is -0.494 e. The summed E-state index contributed by atoms with van der Waals surface area (Å²) in [6.07, 6.45) is 0.224. The van der Waals surface area contributed by atoms with Crippen molar-refractivity contribution in [1.29, 1.82) is 0 Å². The van der Waals surface area contributed by atoms with Crippen molar-refractivity contribution in [3.8, 4) is 5.75 Å². The van der Waals surface area contributed by atoms with E-state index in [9.17, 15) is 13.2 Å². The third kappa shape index (κ3) is 6.83. The van der Waals surface area contributed by atoms with Gasteiger partial charge in [0.05, 0.1) is 18.1 Å². The monoisotopic (exact) mass is 434 g/mol. The van der Waals surface area contributed by atoms with Gasteiger partial charge >= 0.3 is 0 Å². The molecule has 0 bridgehead atoms. The van der Waals surface area contributed by atoms with Crippen LogP contribution in [0.4, 0.5) is 0 Å². The van der Waals surface area contributed by atoms with E-state index in [4.69, 9.17) is 9.47 Å². The number of ether oxygens (including phenoxy) is 2. The van der Waals surface area contributed by atoms with Gasteiger partial charge in [0.1, 0.15) is 11.8 Å². The average molecular weight is 435 g/mol. The molecular formula is C22H30N2O5S. The number of amides is 1. The van der Waals surface area contributed by atoms with Crippen LogP contribution in [0.15, 0.2) is 53.4 Å². The second-order valence-electron chi connectivity index (χ2n) is 7.09. The number of sulfonamides is 1. The first kappa shape index (κ1) is 23.9. The number of hydrogen-bond acceptors (Lipinski definition) is 5. The largest absolute Gasteiger partial charge is 0.494 e. The summed E-state index contributed by atoms with van der Waals surface area (Å²) in [5, 5.41) is 2.80. The molecule has 7 nitrogen and oxygen atoms in total. The predicted molar refractivity (Wildman–Crippen MR) is 116 cm³/mol. The molecule has 0 aromatic heterocycles. The minimum atomic E-state index is -3.92. The summed E-state index contributed by atoms with van der Waals surface area (Å²) in [7, 11) is -2.38. The zero-order valence-electron chi connectivity index (χ0n) is 17.8. The van der Waals surface area contributed by atoms with Crippen molar-refractivity contribution in [1.82, 2.24) is 10.0 Å². The fourth-order valence-corrected chi connectivity index (χ4v) is 4.31. The van der Waals surface area contributed by atoms with Crippen LogP contribution in [0.3, 0.4) is 0 Å². The van der Waals surface area contributed by atoms with Gasteiger partial charge in [0.25, 0.3) is 0 Å². The molecule has 0 saturated heterocycles. The highest BCUT2D eigenvalue weighted by atomic mass is 32.2. The molecule has 0 radical (unpaired) electrons. The Kier molecular flexibility index (Phi) is 8.83. The van der Waals surface area contributed by atoms with Gasteiger partial charge in [0, 0.05) is 13.2 Å². The number of carbonyl (C=O) groups is 1. The molecule has 1 amide bonds. The van der Waals surface area contributed by atoms with Crippen LogP contribution in [0.25, 0.3) is 0 Å². The maximum Gasteiger partial charge on any atom is 0.241 e. The number of methoxy groups -OCH3 is 1. The van der Waals surface area contributed by atoms with E-state index in [2.05, 4.69) is 10.0 Å². The Labute approximate surface area is 178 Å². The first-order chi connectivity index (χ1) is 14.3. The molecule has 0 spiro atoms. The molecule has 2 N–H and O–H groups in total. The van der Waals surface area contributed by atoms with Crippen LogP contribution in [0, 0.1) is 6.92 Å². The number of benzene rings is 2. The zero-order chi connectivity index (χ0) is 22.1. The van der Waals surface area contributed by atoms with E-state index in [1.54, 1.807) is 33.1 Å². The third-order valence-electron chi connectivity index (χ3n) is 4.46. The normalized spacial score (nSPS) is 13.5. The van der Waals surface area contributed by atoms with Crippen molar-refractivity contribution in [3.63, 3.8) is 0 Å². The standard InChI is InChI=1S/C22H30N2O5S/c1-5-29-21-12-11-19(13-16(21)2)30(26,27)24-20(14-18-9-7-6-8-10-18)22(25)23-17(3)15-28-4/h6-13,17,20,24H,5,14-15H2,1-4H3,(H,23,25). The molecule has 2 aromatic carbocycles. The van der Waals surface area contributed by atoms with Crippen LogP contribution in [0.1, 0.15) is 25.0 Å². The maximum atomic E-state index is 13.0. The van der Waals surface area contributed by atoms with Gasteiger partial charge in [-0.3, -0.25) is 4.79 Å². The lowest BCUT2D eigenvalue weighted by Crippen LogP contribution is -2.50. The Morgan fingerprint density at radius 2 is 1.83 bits per heavy atom. The molecule has 8 heteroatoms. The number of nitrogens with one attached hydrogen (secondary N) is 2. The summed E-state index contributed by atoms with van der Waals surface area (Å²) in [5.74, 6) is 0.220. The summed E-state index contributed by atoms with van der Waals surface area (Å²) in [6.45, 7) is 6.26. The van der Waals surface area contributed by atoms with E-state index in [-0.39, 0.29) is 17.4 Å². The van der Waals surface area contributed by atoms with Gasteiger partial charge in [0.15, 0.2) is 0 Å². The lowest BCUT2D eigenvalue weighted by molar-refractivity contribution is -0.123. The molecule has 2 aromatic rings. The fourth-order valence-electron chi connectivity index (χ4n) is 3.03. The highest BCUT2D eigenvalue weighted by Crippen LogP contribution is 2.22. The van der Waals surface area contributed by atoms with Crippen molar-refractivity contribution in [2.45, 2.75) is 44.2 Å². The van der Waals surface area contributed by atoms with Gasteiger partial charge in [-0.05, 0) is 56.5 Å². The molecule has 0 saturated carbocycles. The minimum absolute atomic E-state index is 0.0826. The van der Waals surface area contributed by atoms with Crippen molar-refractivity contribution in [3.05, 3.63) is 59.7 Å². The Bertz CT molecular complexity index is 932. The van der Waals surface area contributed by atoms with Gasteiger partial charge in [0.2, 0.25) is 15.9 Å². The molecule has 2 rings (SSSR count). The van der Waals surface area contributed by atoms with Crippen LogP contribution in [-0.2, 0) is 26.0 Å². The quantitative estimate of drug-likeness (QED) is 0.567. The topological polar surface area (TPSA) is 93.7 Å². The van der Waals surface area contributed by atoms with E-state index in [1.165, 1.54) is 6.07 Å². The lowest BCUT2D eigenvalue weighted by Gasteiger charge is -2.21. The van der Waals surface area contributed by atoms with Crippen LogP contribution < -0.4 is 14.8 Å². The van der Waals surface area contributed by atoms with Gasteiger partial charge in [-0.15, -0.1) is 0 Å². The van der Waals surface area contributed by atoms with Crippen LogP contribution in [0.5, 0.6) is 5.75 Å². The van der Waals surface area contributed by atoms with Gasteiger partial charge < -0.3 is 14.8 Å². The second-order valence-corrected chi connectivity index (χ2v) is 8.80. The van der Waals surface area contributed by atoms with Gasteiger partial charge in [-0.25, -0.2) is 8.42 Å². The van der Waals surface area contributed by atoms with E-state index in [0.29, 0.717) is 24.5 Å². The van der Waals surface area contributed by atoms with Gasteiger partial charge in [-0.1, -0.05) is 30.3 Å². The number of carbonyl (C=O) groups excluding carboxylic acids is 1. The third-order valence-corrected chi connectivity index (χ3v) is 5.93. The maximum absolute atomic E-state index is 13.0. The molecule has 164 valence electrons. The Morgan fingerprint density at radius 3 is 2.43 bits per heavy atom. The first-order valence-electron chi connectivity index (χ1n) is 9.85. The summed E-state index contributed by atoms with van der Waals surface area (Å²) < 4.78 is 39.1. The van der Waals surface area contributed by atoms with Crippen molar-refractivity contribution in [2.75, 3.05) is 20.3 Å². The fraction of sp³-hybridized carbons (Fsp3) is 0.409. The number of rotatable bonds is 11. The molecular weight excluding hydrogens is 404 g/mol. The SMILES string of the molecule is CCOc1ccc(S(=O)(=O)NC(Cc2ccccc2)C(=O)NC(C)COC)cc1C. The van der Waals surface area contributed by atoms with Crippen molar-refractivity contribution in [2.24, 2.45) is 0 Å². The van der Waals surface area contributed by atoms with Crippen LogP contribution >= 0.6 is 0 Å². The van der Waals surface area contributed by atoms with E-state index < -0.39 is 22.0 Å². The zero-order valence-corrected chi connectivity index (χ0v) is 18.7. The smallest absolute Gasteiger partial charge is 0.241 e. The number of aryl methyl sites for hydroxylation is 1. The molecule has 2 unspecified atom stereocenters. The van der Waals surface area contributed by atoms with Gasteiger partial charge in [-0.2, -0.15) is 4.72 Å². The lowest BCUT2D eigenvalue weighted by atomic mass is 10.1. The number of hydrogen-bond donors (Lipinski definition) is 2. The molecule has 0 aliphatic carbocycles. The average Bonchev–Trinajstić information content (AvgIpc) is 2.70. The molecule has 0 heterocycles. The Balaban J connectivity index is 2.26. The second kappa shape index (κ2) is 11.1. The first-order valence-corrected chi connectivity index (χ1v) is 11.3. The molecule has 30 heavy (non-hydrogen) atoms. The Morgan fingerprint density at radius 1 is 1.13 bits per heavy atom. The van der Waals surface area contributed by atoms with Crippen molar-refractivity contribution >= 4 is 15.9 Å². The summed E-state index contributed by atoms with van der Waals surface area (Å²) >= 11 is 0. The highest BCUT2D eigenvalue weighted by Gasteiger charge is 2.27. The predicted octanol–water partition coefficient (Wildman–Crippen LogP) is 2.43. The van der Waals surface area contributed by atoms with E-state index in [1.807, 2.05) is 37.3 Å². The van der Waals surface area contributed by atoms with Crippen LogP contribution in [0.2, 0.25) is 0 Å². The van der Waals surface area contributed by atoms with Crippen LogP contribution in [-0.4, -0.2) is 46.7 Å². The Hall–Kier alpha value is -2.42. The molecule has 0 aliphatic heterocycles. The highest BCUT2D eigenvalue weighted by molar-refractivity contribution is 7.89. The van der Waals surface area contributed by atoms with E-state index in [0.717, 1.165) is 5.56 Å².